The molecule has 2 nitrogen and oxygen atoms in total. The van der Waals surface area contributed by atoms with E-state index >= 15 is 0 Å². The number of furan rings is 1. The second-order valence-electron chi connectivity index (χ2n) is 9.29. The molecule has 0 unspecified atom stereocenters. The first-order chi connectivity index (χ1) is 17.4. The molecule has 6 aromatic rings. The molecule has 3 heteroatoms. The largest absolute Gasteiger partial charge is 0.469 e. The average molecular weight is 445 g/mol. The molecule has 5 aromatic carbocycles. The molecule has 2 aliphatic rings. The lowest BCUT2D eigenvalue weighted by atomic mass is 9.34. The van der Waals surface area contributed by atoms with E-state index in [1.807, 2.05) is 0 Å². The molecule has 0 spiro atoms. The van der Waals surface area contributed by atoms with Gasteiger partial charge in [-0.2, -0.15) is 0 Å². The number of hydrogen-bond acceptors (Lipinski definition) is 2. The van der Waals surface area contributed by atoms with E-state index in [0.717, 1.165) is 17.0 Å². The van der Waals surface area contributed by atoms with Crippen LogP contribution in [0, 0.1) is 0 Å². The van der Waals surface area contributed by atoms with Crippen molar-refractivity contribution < 1.29 is 4.42 Å². The molecule has 8 rings (SSSR count). The van der Waals surface area contributed by atoms with Gasteiger partial charge in [-0.3, -0.25) is 0 Å². The molecule has 1 aromatic heterocycles. The van der Waals surface area contributed by atoms with E-state index in [2.05, 4.69) is 126 Å². The molecule has 0 aliphatic carbocycles. The molecule has 162 valence electrons. The Kier molecular flexibility index (Phi) is 3.78. The Balaban J connectivity index is 1.50. The van der Waals surface area contributed by atoms with Gasteiger partial charge in [0.1, 0.15) is 5.76 Å². The maximum absolute atomic E-state index is 6.86. The van der Waals surface area contributed by atoms with Crippen LogP contribution >= 0.6 is 0 Å². The monoisotopic (exact) mass is 445 g/mol. The molecular formula is C32H20BNO. The Morgan fingerprint density at radius 1 is 0.571 bits per heavy atom. The van der Waals surface area contributed by atoms with Gasteiger partial charge in [-0.15, -0.1) is 0 Å². The number of hydrogen-bond donors (Lipinski definition) is 0. The van der Waals surface area contributed by atoms with Crippen LogP contribution in [0.25, 0.3) is 33.2 Å². The number of anilines is 3. The van der Waals surface area contributed by atoms with Crippen LogP contribution < -0.4 is 21.5 Å². The predicted molar refractivity (Wildman–Crippen MR) is 146 cm³/mol. The summed E-state index contributed by atoms with van der Waals surface area (Å²) in [5.41, 5.74) is 10.9. The predicted octanol–water partition coefficient (Wildman–Crippen LogP) is 6.38. The van der Waals surface area contributed by atoms with Gasteiger partial charge >= 0.3 is 0 Å². The van der Waals surface area contributed by atoms with Crippen molar-refractivity contribution in [3.05, 3.63) is 121 Å². The van der Waals surface area contributed by atoms with Crippen molar-refractivity contribution >= 4 is 51.1 Å². The van der Waals surface area contributed by atoms with Crippen LogP contribution in [0.4, 0.5) is 17.1 Å². The lowest BCUT2D eigenvalue weighted by Gasteiger charge is -2.38. The first kappa shape index (κ1) is 18.9. The van der Waals surface area contributed by atoms with Crippen molar-refractivity contribution in [2.24, 2.45) is 0 Å². The zero-order chi connectivity index (χ0) is 22.9. The molecule has 0 fully saturated rings. The van der Waals surface area contributed by atoms with Crippen LogP contribution in [0.5, 0.6) is 0 Å². The maximum atomic E-state index is 6.86. The van der Waals surface area contributed by atoms with Crippen LogP contribution in [-0.2, 0) is 0 Å². The van der Waals surface area contributed by atoms with E-state index in [4.69, 9.17) is 4.42 Å². The number of fused-ring (bicyclic) bond motifs is 4. The van der Waals surface area contributed by atoms with Gasteiger partial charge in [-0.25, -0.2) is 0 Å². The highest BCUT2D eigenvalue weighted by Crippen LogP contribution is 2.43. The molecule has 0 saturated carbocycles. The van der Waals surface area contributed by atoms with Crippen molar-refractivity contribution in [2.45, 2.75) is 0 Å². The summed E-state index contributed by atoms with van der Waals surface area (Å²) in [4.78, 5) is 2.40. The third-order valence-corrected chi connectivity index (χ3v) is 7.47. The molecule has 2 aliphatic heterocycles. The third kappa shape index (κ3) is 2.50. The summed E-state index contributed by atoms with van der Waals surface area (Å²) >= 11 is 0. The zero-order valence-electron chi connectivity index (χ0n) is 19.0. The Bertz CT molecular complexity index is 1750. The van der Waals surface area contributed by atoms with Gasteiger partial charge in [0.2, 0.25) is 0 Å². The van der Waals surface area contributed by atoms with E-state index in [9.17, 15) is 0 Å². The van der Waals surface area contributed by atoms with Crippen LogP contribution in [0.1, 0.15) is 0 Å². The smallest absolute Gasteiger partial charge is 0.293 e. The number of rotatable bonds is 2. The van der Waals surface area contributed by atoms with Crippen LogP contribution in [0.3, 0.4) is 0 Å². The fourth-order valence-electron chi connectivity index (χ4n) is 6.09. The summed E-state index contributed by atoms with van der Waals surface area (Å²) in [5.74, 6) is 0.953. The second kappa shape index (κ2) is 7.00. The van der Waals surface area contributed by atoms with Gasteiger partial charge in [-0.05, 0) is 46.3 Å². The lowest BCUT2D eigenvalue weighted by Crippen LogP contribution is -2.59. The topological polar surface area (TPSA) is 16.4 Å². The summed E-state index contributed by atoms with van der Waals surface area (Å²) in [6, 6.07) is 43.2. The summed E-state index contributed by atoms with van der Waals surface area (Å²) in [7, 11) is 0. The highest BCUT2D eigenvalue weighted by Gasteiger charge is 2.43. The molecule has 35 heavy (non-hydrogen) atoms. The highest BCUT2D eigenvalue weighted by atomic mass is 16.3. The first-order valence-electron chi connectivity index (χ1n) is 12.1. The molecule has 0 saturated heterocycles. The molecule has 0 radical (unpaired) electrons. The fraction of sp³-hybridized carbons (Fsp3) is 0. The van der Waals surface area contributed by atoms with Gasteiger partial charge in [0, 0.05) is 33.4 Å². The molecular weight excluding hydrogens is 425 g/mol. The minimum absolute atomic E-state index is 0.0484. The Morgan fingerprint density at radius 3 is 2.11 bits per heavy atom. The van der Waals surface area contributed by atoms with Gasteiger partial charge in [0.25, 0.3) is 6.71 Å². The van der Waals surface area contributed by atoms with Crippen LogP contribution in [0.2, 0.25) is 0 Å². The summed E-state index contributed by atoms with van der Waals surface area (Å²) in [6.45, 7) is 0.0484. The summed E-state index contributed by atoms with van der Waals surface area (Å²) < 4.78 is 6.86. The molecule has 0 bridgehead atoms. The highest BCUT2D eigenvalue weighted by molar-refractivity contribution is 7.00. The van der Waals surface area contributed by atoms with Crippen molar-refractivity contribution in [3.63, 3.8) is 0 Å². The number of nitrogens with zero attached hydrogens (tertiary/aromatic N) is 1. The minimum Gasteiger partial charge on any atom is -0.469 e. The molecule has 0 N–H and O–H groups in total. The van der Waals surface area contributed by atoms with E-state index in [-0.39, 0.29) is 6.71 Å². The normalized spacial score (nSPS) is 13.0. The fourth-order valence-corrected chi connectivity index (χ4v) is 6.09. The summed E-state index contributed by atoms with van der Waals surface area (Å²) in [6.07, 6.45) is 0. The van der Waals surface area contributed by atoms with Crippen molar-refractivity contribution in [1.82, 2.24) is 0 Å². The van der Waals surface area contributed by atoms with E-state index in [1.54, 1.807) is 0 Å². The van der Waals surface area contributed by atoms with Crippen LogP contribution in [-0.4, -0.2) is 6.71 Å². The standard InChI is InChI=1S/C32H20BNO/c1-3-11-21(12-4-1)31-25-17-9-15-23-24-16-10-20-28-30(24)33(32(35-31)29(23)25)26-18-7-8-19-27(26)34(28)22-13-5-2-6-14-22/h1-20H. The molecule has 0 atom stereocenters. The first-order valence-corrected chi connectivity index (χ1v) is 12.1. The Hall–Kier alpha value is -4.50. The van der Waals surface area contributed by atoms with Crippen molar-refractivity contribution in [3.8, 4) is 22.5 Å². The van der Waals surface area contributed by atoms with E-state index in [0.29, 0.717) is 0 Å². The molecule has 0 amide bonds. The number of para-hydroxylation sites is 2. The van der Waals surface area contributed by atoms with Gasteiger partial charge in [-0.1, -0.05) is 97.1 Å². The van der Waals surface area contributed by atoms with Gasteiger partial charge in [0.05, 0.1) is 5.66 Å². The van der Waals surface area contributed by atoms with E-state index < -0.39 is 0 Å². The summed E-state index contributed by atoms with van der Waals surface area (Å²) in [5, 5.41) is 2.42. The van der Waals surface area contributed by atoms with Crippen molar-refractivity contribution in [2.75, 3.05) is 4.90 Å². The van der Waals surface area contributed by atoms with Gasteiger partial charge in [0.15, 0.2) is 0 Å². The quantitative estimate of drug-likeness (QED) is 0.287. The zero-order valence-corrected chi connectivity index (χ0v) is 19.0. The minimum atomic E-state index is 0.0484. The Morgan fingerprint density at radius 2 is 1.26 bits per heavy atom. The average Bonchev–Trinajstić information content (AvgIpc) is 3.32. The maximum Gasteiger partial charge on any atom is 0.293 e. The second-order valence-corrected chi connectivity index (χ2v) is 9.29. The third-order valence-electron chi connectivity index (χ3n) is 7.47. The molecule has 3 heterocycles. The van der Waals surface area contributed by atoms with Crippen LogP contribution in [0.15, 0.2) is 126 Å². The lowest BCUT2D eigenvalue weighted by molar-refractivity contribution is 0.620. The van der Waals surface area contributed by atoms with E-state index in [1.165, 1.54) is 49.9 Å². The van der Waals surface area contributed by atoms with Gasteiger partial charge < -0.3 is 9.32 Å². The van der Waals surface area contributed by atoms with Crippen molar-refractivity contribution in [1.29, 1.82) is 0 Å². The number of benzene rings is 5. The SMILES string of the molecule is c1ccc(-c2oc3c4c(cccc24)-c2cccc4c2B3c2ccccc2N4c2ccccc2)cc1. The Labute approximate surface area is 204 Å².